The molecule has 2 N–H and O–H groups in total. The molecule has 1 rings (SSSR count). The average Bonchev–Trinajstić information content (AvgIpc) is 2.41. The Kier molecular flexibility index (Phi) is 6.03. The van der Waals surface area contributed by atoms with Crippen molar-refractivity contribution in [3.8, 4) is 0 Å². The average molecular weight is 225 g/mol. The summed E-state index contributed by atoms with van der Waals surface area (Å²) in [5.41, 5.74) is 6.31. The van der Waals surface area contributed by atoms with Crippen LogP contribution in [0.4, 0.5) is 0 Å². The first-order valence-electron chi connectivity index (χ1n) is 6.40. The zero-order valence-corrected chi connectivity index (χ0v) is 10.9. The molecule has 0 aromatic carbocycles. The molecule has 94 valence electrons. The van der Waals surface area contributed by atoms with Crippen LogP contribution in [0.2, 0.25) is 0 Å². The molecule has 2 atom stereocenters. The van der Waals surface area contributed by atoms with Gasteiger partial charge >= 0.3 is 0 Å². The largest absolute Gasteiger partial charge is 0.326 e. The summed E-state index contributed by atoms with van der Waals surface area (Å²) >= 11 is 0. The van der Waals surface area contributed by atoms with E-state index in [0.29, 0.717) is 12.1 Å². The zero-order chi connectivity index (χ0) is 12.0. The van der Waals surface area contributed by atoms with Gasteiger partial charge in [0.1, 0.15) is 0 Å². The lowest BCUT2D eigenvalue weighted by atomic mass is 10.0. The lowest BCUT2D eigenvalue weighted by molar-refractivity contribution is 0.190. The van der Waals surface area contributed by atoms with E-state index in [1.165, 1.54) is 25.9 Å². The number of nitrogens with zero attached hydrogens (tertiary/aromatic N) is 2. The Balaban J connectivity index is 2.43. The molecule has 0 spiro atoms. The predicted molar refractivity (Wildman–Crippen MR) is 70.6 cm³/mol. The quantitative estimate of drug-likeness (QED) is 0.565. The van der Waals surface area contributed by atoms with E-state index < -0.39 is 0 Å². The minimum absolute atomic E-state index is 0.297. The second-order valence-electron chi connectivity index (χ2n) is 5.05. The summed E-state index contributed by atoms with van der Waals surface area (Å²) in [7, 11) is 4.40. The van der Waals surface area contributed by atoms with Gasteiger partial charge in [-0.15, -0.1) is 6.58 Å². The number of likely N-dealkylation sites (N-methyl/N-ethyl adjacent to an activating group) is 2. The van der Waals surface area contributed by atoms with Crippen LogP contribution in [0.25, 0.3) is 0 Å². The van der Waals surface area contributed by atoms with Gasteiger partial charge < -0.3 is 15.5 Å². The molecule has 1 fully saturated rings. The molecule has 0 aromatic heterocycles. The SMILES string of the molecule is C=CCCCC(N)C1CN(C)CCCN1C. The number of hydrogen-bond donors (Lipinski definition) is 1. The van der Waals surface area contributed by atoms with Gasteiger partial charge in [0.2, 0.25) is 0 Å². The lowest BCUT2D eigenvalue weighted by Gasteiger charge is -2.32. The molecule has 1 aliphatic rings. The highest BCUT2D eigenvalue weighted by Crippen LogP contribution is 2.13. The van der Waals surface area contributed by atoms with Gasteiger partial charge in [-0.1, -0.05) is 6.08 Å². The first-order chi connectivity index (χ1) is 7.65. The Bertz CT molecular complexity index is 205. The summed E-state index contributed by atoms with van der Waals surface area (Å²) in [6.07, 6.45) is 6.59. The van der Waals surface area contributed by atoms with Crippen LogP contribution in [-0.2, 0) is 0 Å². The molecule has 0 aliphatic carbocycles. The second kappa shape index (κ2) is 7.05. The first kappa shape index (κ1) is 13.7. The van der Waals surface area contributed by atoms with E-state index in [1.54, 1.807) is 0 Å². The minimum Gasteiger partial charge on any atom is -0.326 e. The number of rotatable bonds is 5. The van der Waals surface area contributed by atoms with Crippen LogP contribution in [0, 0.1) is 0 Å². The summed E-state index contributed by atoms with van der Waals surface area (Å²) in [4.78, 5) is 4.84. The van der Waals surface area contributed by atoms with Crippen molar-refractivity contribution in [2.45, 2.75) is 37.8 Å². The first-order valence-corrected chi connectivity index (χ1v) is 6.40. The Hall–Kier alpha value is -0.380. The topological polar surface area (TPSA) is 32.5 Å². The third-order valence-corrected chi connectivity index (χ3v) is 3.56. The van der Waals surface area contributed by atoms with E-state index >= 15 is 0 Å². The van der Waals surface area contributed by atoms with Gasteiger partial charge in [0.25, 0.3) is 0 Å². The van der Waals surface area contributed by atoms with E-state index in [9.17, 15) is 0 Å². The number of unbranched alkanes of at least 4 members (excludes halogenated alkanes) is 1. The fourth-order valence-electron chi connectivity index (χ4n) is 2.46. The van der Waals surface area contributed by atoms with Gasteiger partial charge in [0.05, 0.1) is 0 Å². The Labute approximate surface area is 100 Å². The molecular formula is C13H27N3. The number of allylic oxidation sites excluding steroid dienone is 1. The smallest absolute Gasteiger partial charge is 0.0371 e. The molecule has 2 unspecified atom stereocenters. The van der Waals surface area contributed by atoms with Gasteiger partial charge in [-0.3, -0.25) is 0 Å². The second-order valence-corrected chi connectivity index (χ2v) is 5.05. The van der Waals surface area contributed by atoms with Gasteiger partial charge in [-0.2, -0.15) is 0 Å². The fourth-order valence-corrected chi connectivity index (χ4v) is 2.46. The third-order valence-electron chi connectivity index (χ3n) is 3.56. The van der Waals surface area contributed by atoms with Crippen LogP contribution in [0.5, 0.6) is 0 Å². The van der Waals surface area contributed by atoms with Crippen LogP contribution >= 0.6 is 0 Å². The molecular weight excluding hydrogens is 198 g/mol. The molecule has 1 aliphatic heterocycles. The van der Waals surface area contributed by atoms with E-state index in [-0.39, 0.29) is 0 Å². The normalized spacial score (nSPS) is 26.3. The Morgan fingerprint density at radius 1 is 1.44 bits per heavy atom. The van der Waals surface area contributed by atoms with E-state index in [4.69, 9.17) is 5.73 Å². The highest BCUT2D eigenvalue weighted by molar-refractivity contribution is 4.85. The van der Waals surface area contributed by atoms with Gasteiger partial charge in [-0.05, 0) is 52.9 Å². The van der Waals surface area contributed by atoms with Crippen LogP contribution in [0.1, 0.15) is 25.7 Å². The van der Waals surface area contributed by atoms with Crippen LogP contribution in [-0.4, -0.2) is 55.6 Å². The number of hydrogen-bond acceptors (Lipinski definition) is 3. The third kappa shape index (κ3) is 4.24. The lowest BCUT2D eigenvalue weighted by Crippen LogP contribution is -2.50. The number of nitrogens with two attached hydrogens (primary N) is 1. The molecule has 0 bridgehead atoms. The maximum absolute atomic E-state index is 6.31. The van der Waals surface area contributed by atoms with E-state index in [2.05, 4.69) is 30.5 Å². The van der Waals surface area contributed by atoms with Crippen LogP contribution in [0.15, 0.2) is 12.7 Å². The summed E-state index contributed by atoms with van der Waals surface area (Å²) in [5.74, 6) is 0. The van der Waals surface area contributed by atoms with Crippen molar-refractivity contribution in [3.63, 3.8) is 0 Å². The fraction of sp³-hybridized carbons (Fsp3) is 0.846. The summed E-state index contributed by atoms with van der Waals surface area (Å²) in [6, 6.07) is 0.808. The van der Waals surface area contributed by atoms with Crippen molar-refractivity contribution in [1.29, 1.82) is 0 Å². The molecule has 16 heavy (non-hydrogen) atoms. The molecule has 0 amide bonds. The van der Waals surface area contributed by atoms with Crippen molar-refractivity contribution < 1.29 is 0 Å². The zero-order valence-electron chi connectivity index (χ0n) is 10.9. The van der Waals surface area contributed by atoms with Gasteiger partial charge in [-0.25, -0.2) is 0 Å². The Morgan fingerprint density at radius 2 is 2.19 bits per heavy atom. The van der Waals surface area contributed by atoms with Crippen LogP contribution < -0.4 is 5.73 Å². The van der Waals surface area contributed by atoms with Gasteiger partial charge in [0, 0.05) is 18.6 Å². The molecule has 0 radical (unpaired) electrons. The molecule has 1 saturated heterocycles. The van der Waals surface area contributed by atoms with Crippen molar-refractivity contribution >= 4 is 0 Å². The van der Waals surface area contributed by atoms with Crippen molar-refractivity contribution in [3.05, 3.63) is 12.7 Å². The van der Waals surface area contributed by atoms with E-state index in [1.807, 2.05) is 6.08 Å². The molecule has 3 heteroatoms. The molecule has 0 saturated carbocycles. The van der Waals surface area contributed by atoms with Crippen molar-refractivity contribution in [2.75, 3.05) is 33.7 Å². The molecule has 3 nitrogen and oxygen atoms in total. The Morgan fingerprint density at radius 3 is 2.88 bits per heavy atom. The summed E-state index contributed by atoms with van der Waals surface area (Å²) < 4.78 is 0. The summed E-state index contributed by atoms with van der Waals surface area (Å²) in [5, 5.41) is 0. The molecule has 1 heterocycles. The van der Waals surface area contributed by atoms with Crippen molar-refractivity contribution in [1.82, 2.24) is 9.80 Å². The van der Waals surface area contributed by atoms with E-state index in [0.717, 1.165) is 19.4 Å². The van der Waals surface area contributed by atoms with Crippen LogP contribution in [0.3, 0.4) is 0 Å². The maximum atomic E-state index is 6.31. The minimum atomic E-state index is 0.297. The molecule has 0 aromatic rings. The standard InChI is InChI=1S/C13H27N3/c1-4-5-6-8-12(14)13-11-15(2)9-7-10-16(13)3/h4,12-13H,1,5-11,14H2,2-3H3. The van der Waals surface area contributed by atoms with Crippen molar-refractivity contribution in [2.24, 2.45) is 5.73 Å². The summed E-state index contributed by atoms with van der Waals surface area (Å²) in [6.45, 7) is 7.22. The predicted octanol–water partition coefficient (Wildman–Crippen LogP) is 1.31. The highest BCUT2D eigenvalue weighted by Gasteiger charge is 2.25. The van der Waals surface area contributed by atoms with Gasteiger partial charge in [0.15, 0.2) is 0 Å². The highest BCUT2D eigenvalue weighted by atomic mass is 15.2. The monoisotopic (exact) mass is 225 g/mol. The maximum Gasteiger partial charge on any atom is 0.0371 e.